The minimum Gasteiger partial charge on any atom is -0.465 e. The number of nitrogens with one attached hydrogen (secondary N) is 1. The molecule has 104 valence electrons. The third kappa shape index (κ3) is 3.40. The zero-order valence-electron chi connectivity index (χ0n) is 11.4. The van der Waals surface area contributed by atoms with Crippen molar-refractivity contribution in [3.8, 4) is 0 Å². The van der Waals surface area contributed by atoms with E-state index in [2.05, 4.69) is 5.32 Å². The van der Waals surface area contributed by atoms with E-state index < -0.39 is 0 Å². The Bertz CT molecular complexity index is 440. The predicted molar refractivity (Wildman–Crippen MR) is 77.3 cm³/mol. The van der Waals surface area contributed by atoms with Crippen LogP contribution in [0.4, 0.5) is 11.4 Å². The van der Waals surface area contributed by atoms with Gasteiger partial charge in [-0.15, -0.1) is 0 Å². The van der Waals surface area contributed by atoms with Crippen LogP contribution in [0.25, 0.3) is 0 Å². The molecule has 0 aliphatic heterocycles. The number of methoxy groups -OCH3 is 1. The van der Waals surface area contributed by atoms with E-state index in [1.165, 1.54) is 39.2 Å². The molecular weight excluding hydrogens is 240 g/mol. The molecule has 1 aromatic rings. The van der Waals surface area contributed by atoms with Crippen LogP contribution in [-0.2, 0) is 4.74 Å². The summed E-state index contributed by atoms with van der Waals surface area (Å²) in [6, 6.07) is 5.31. The molecule has 0 heterocycles. The summed E-state index contributed by atoms with van der Waals surface area (Å²) < 4.78 is 4.79. The Morgan fingerprint density at radius 2 is 2.11 bits per heavy atom. The third-order valence-corrected chi connectivity index (χ3v) is 3.79. The number of para-hydroxylation sites is 1. The number of anilines is 2. The average Bonchev–Trinajstić information content (AvgIpc) is 2.46. The van der Waals surface area contributed by atoms with E-state index in [-0.39, 0.29) is 5.97 Å². The molecule has 0 spiro atoms. The highest BCUT2D eigenvalue weighted by molar-refractivity contribution is 5.98. The number of hydrogen-bond acceptors (Lipinski definition) is 4. The molecule has 0 saturated heterocycles. The minimum atomic E-state index is -0.349. The van der Waals surface area contributed by atoms with Crippen molar-refractivity contribution in [2.75, 3.05) is 24.7 Å². The van der Waals surface area contributed by atoms with Gasteiger partial charge in [-0.05, 0) is 30.9 Å². The quantitative estimate of drug-likeness (QED) is 0.646. The van der Waals surface area contributed by atoms with Gasteiger partial charge in [-0.3, -0.25) is 0 Å². The number of esters is 1. The SMILES string of the molecule is COC(=O)c1cccc(N)c1NCC1CCCCC1. The lowest BCUT2D eigenvalue weighted by molar-refractivity contribution is 0.0602. The van der Waals surface area contributed by atoms with Crippen LogP contribution in [0.5, 0.6) is 0 Å². The Hall–Kier alpha value is -1.71. The van der Waals surface area contributed by atoms with Crippen molar-refractivity contribution >= 4 is 17.3 Å². The highest BCUT2D eigenvalue weighted by atomic mass is 16.5. The second-order valence-electron chi connectivity index (χ2n) is 5.15. The molecule has 1 aliphatic carbocycles. The van der Waals surface area contributed by atoms with Gasteiger partial charge in [0.15, 0.2) is 0 Å². The summed E-state index contributed by atoms with van der Waals surface area (Å²) in [6.45, 7) is 0.873. The van der Waals surface area contributed by atoms with Crippen LogP contribution in [0.3, 0.4) is 0 Å². The monoisotopic (exact) mass is 262 g/mol. The van der Waals surface area contributed by atoms with Crippen molar-refractivity contribution in [2.45, 2.75) is 32.1 Å². The van der Waals surface area contributed by atoms with Crippen molar-refractivity contribution < 1.29 is 9.53 Å². The molecule has 1 aliphatic rings. The van der Waals surface area contributed by atoms with Crippen molar-refractivity contribution in [3.05, 3.63) is 23.8 Å². The maximum absolute atomic E-state index is 11.7. The second kappa shape index (κ2) is 6.45. The van der Waals surface area contributed by atoms with Gasteiger partial charge in [0.2, 0.25) is 0 Å². The van der Waals surface area contributed by atoms with Crippen molar-refractivity contribution in [1.29, 1.82) is 0 Å². The van der Waals surface area contributed by atoms with Crippen LogP contribution in [-0.4, -0.2) is 19.6 Å². The van der Waals surface area contributed by atoms with Crippen molar-refractivity contribution in [1.82, 2.24) is 0 Å². The van der Waals surface area contributed by atoms with Gasteiger partial charge in [0, 0.05) is 6.54 Å². The highest BCUT2D eigenvalue weighted by Crippen LogP contribution is 2.27. The number of carbonyl (C=O) groups excluding carboxylic acids is 1. The molecule has 19 heavy (non-hydrogen) atoms. The van der Waals surface area contributed by atoms with Crippen LogP contribution in [0, 0.1) is 5.92 Å². The molecular formula is C15H22N2O2. The zero-order valence-corrected chi connectivity index (χ0v) is 11.4. The summed E-state index contributed by atoms with van der Waals surface area (Å²) in [5.41, 5.74) is 7.78. The Kier molecular flexibility index (Phi) is 4.66. The maximum Gasteiger partial charge on any atom is 0.340 e. The lowest BCUT2D eigenvalue weighted by Gasteiger charge is -2.23. The molecule has 0 bridgehead atoms. The lowest BCUT2D eigenvalue weighted by Crippen LogP contribution is -2.19. The molecule has 3 N–H and O–H groups in total. The molecule has 0 amide bonds. The fraction of sp³-hybridized carbons (Fsp3) is 0.533. The largest absolute Gasteiger partial charge is 0.465 e. The minimum absolute atomic E-state index is 0.349. The average molecular weight is 262 g/mol. The number of hydrogen-bond donors (Lipinski definition) is 2. The molecule has 0 aromatic heterocycles. The summed E-state index contributed by atoms with van der Waals surface area (Å²) >= 11 is 0. The molecule has 4 heteroatoms. The molecule has 1 fully saturated rings. The molecule has 0 atom stereocenters. The highest BCUT2D eigenvalue weighted by Gasteiger charge is 2.17. The first kappa shape index (κ1) is 13.7. The Morgan fingerprint density at radius 3 is 2.79 bits per heavy atom. The molecule has 1 saturated carbocycles. The summed E-state index contributed by atoms with van der Waals surface area (Å²) in [5.74, 6) is 0.331. The van der Waals surface area contributed by atoms with E-state index in [4.69, 9.17) is 10.5 Å². The van der Waals surface area contributed by atoms with Gasteiger partial charge in [0.05, 0.1) is 24.0 Å². The van der Waals surface area contributed by atoms with Gasteiger partial charge < -0.3 is 15.8 Å². The number of nitrogens with two attached hydrogens (primary N) is 1. The molecule has 1 aromatic carbocycles. The molecule has 4 nitrogen and oxygen atoms in total. The first-order chi connectivity index (χ1) is 9.22. The molecule has 2 rings (SSSR count). The standard InChI is InChI=1S/C15H22N2O2/c1-19-15(18)12-8-5-9-13(16)14(12)17-10-11-6-3-2-4-7-11/h5,8-9,11,17H,2-4,6-7,10,16H2,1H3. The second-order valence-corrected chi connectivity index (χ2v) is 5.15. The summed E-state index contributed by atoms with van der Waals surface area (Å²) in [4.78, 5) is 11.7. The van der Waals surface area contributed by atoms with Gasteiger partial charge in [0.1, 0.15) is 0 Å². The van der Waals surface area contributed by atoms with Gasteiger partial charge in [-0.25, -0.2) is 4.79 Å². The number of benzene rings is 1. The zero-order chi connectivity index (χ0) is 13.7. The Morgan fingerprint density at radius 1 is 1.37 bits per heavy atom. The summed E-state index contributed by atoms with van der Waals surface area (Å²) in [5, 5.41) is 3.34. The smallest absolute Gasteiger partial charge is 0.340 e. The third-order valence-electron chi connectivity index (χ3n) is 3.79. The normalized spacial score (nSPS) is 16.1. The number of nitrogen functional groups attached to an aromatic ring is 1. The number of carbonyl (C=O) groups is 1. The van der Waals surface area contributed by atoms with Crippen molar-refractivity contribution in [2.24, 2.45) is 5.92 Å². The first-order valence-electron chi connectivity index (χ1n) is 6.93. The van der Waals surface area contributed by atoms with Crippen molar-refractivity contribution in [3.63, 3.8) is 0 Å². The first-order valence-corrected chi connectivity index (χ1v) is 6.93. The van der Waals surface area contributed by atoms with E-state index >= 15 is 0 Å². The van der Waals surface area contributed by atoms with Crippen LogP contribution >= 0.6 is 0 Å². The van der Waals surface area contributed by atoms with Crippen LogP contribution in [0.1, 0.15) is 42.5 Å². The van der Waals surface area contributed by atoms with Crippen LogP contribution in [0.15, 0.2) is 18.2 Å². The van der Waals surface area contributed by atoms with Gasteiger partial charge in [-0.2, -0.15) is 0 Å². The van der Waals surface area contributed by atoms with E-state index in [0.717, 1.165) is 6.54 Å². The molecule has 0 unspecified atom stereocenters. The topological polar surface area (TPSA) is 64.3 Å². The predicted octanol–water partition coefficient (Wildman–Crippen LogP) is 3.05. The van der Waals surface area contributed by atoms with Crippen LogP contribution < -0.4 is 11.1 Å². The van der Waals surface area contributed by atoms with Gasteiger partial charge in [0.25, 0.3) is 0 Å². The summed E-state index contributed by atoms with van der Waals surface area (Å²) in [7, 11) is 1.39. The number of rotatable bonds is 4. The fourth-order valence-electron chi connectivity index (χ4n) is 2.69. The van der Waals surface area contributed by atoms with E-state index in [9.17, 15) is 4.79 Å². The maximum atomic E-state index is 11.7. The van der Waals surface area contributed by atoms with Gasteiger partial charge >= 0.3 is 5.97 Å². The fourth-order valence-corrected chi connectivity index (χ4v) is 2.69. The Labute approximate surface area is 114 Å². The van der Waals surface area contributed by atoms with Crippen LogP contribution in [0.2, 0.25) is 0 Å². The van der Waals surface area contributed by atoms with E-state index in [1.807, 2.05) is 0 Å². The van der Waals surface area contributed by atoms with E-state index in [1.54, 1.807) is 18.2 Å². The molecule has 0 radical (unpaired) electrons. The van der Waals surface area contributed by atoms with Gasteiger partial charge in [-0.1, -0.05) is 25.3 Å². The van der Waals surface area contributed by atoms with E-state index in [0.29, 0.717) is 22.9 Å². The number of ether oxygens (including phenoxy) is 1. The summed E-state index contributed by atoms with van der Waals surface area (Å²) in [6.07, 6.45) is 6.47. The Balaban J connectivity index is 2.07. The lowest BCUT2D eigenvalue weighted by atomic mass is 9.89.